The number of anilines is 1. The fraction of sp³-hybridized carbons (Fsp3) is 0.294. The molecule has 0 fully saturated rings. The second kappa shape index (κ2) is 5.09. The Labute approximate surface area is 137 Å². The minimum absolute atomic E-state index is 0.371. The zero-order valence-electron chi connectivity index (χ0n) is 12.8. The first kappa shape index (κ1) is 14.3. The Morgan fingerprint density at radius 1 is 1.48 bits per heavy atom. The van der Waals surface area contributed by atoms with E-state index in [1.165, 1.54) is 16.9 Å². The molecule has 4 N–H and O–H groups in total. The Morgan fingerprint density at radius 3 is 3.00 bits per heavy atom. The quantitative estimate of drug-likeness (QED) is 0.750. The number of hydrogen-bond acceptors (Lipinski definition) is 5. The molecule has 0 saturated carbocycles. The van der Waals surface area contributed by atoms with Gasteiger partial charge < -0.3 is 15.9 Å². The van der Waals surface area contributed by atoms with Gasteiger partial charge in [-0.3, -0.25) is 4.79 Å². The predicted octanol–water partition coefficient (Wildman–Crippen LogP) is 3.68. The highest BCUT2D eigenvalue weighted by molar-refractivity contribution is 7.21. The molecule has 6 heteroatoms. The number of fused-ring (bicyclic) bond motifs is 2. The maximum Gasteiger partial charge on any atom is 0.260 e. The molecule has 0 aliphatic heterocycles. The minimum Gasteiger partial charge on any atom is -0.464 e. The predicted molar refractivity (Wildman–Crippen MR) is 91.6 cm³/mol. The van der Waals surface area contributed by atoms with Crippen molar-refractivity contribution in [3.05, 3.63) is 34.5 Å². The first-order valence-electron chi connectivity index (χ1n) is 7.66. The smallest absolute Gasteiger partial charge is 0.260 e. The molecule has 1 amide bonds. The van der Waals surface area contributed by atoms with Crippen LogP contribution in [-0.2, 0) is 6.42 Å². The summed E-state index contributed by atoms with van der Waals surface area (Å²) in [6.07, 6.45) is 4.83. The Morgan fingerprint density at radius 2 is 2.30 bits per heavy atom. The van der Waals surface area contributed by atoms with Gasteiger partial charge in [-0.2, -0.15) is 0 Å². The number of rotatable bonds is 2. The van der Waals surface area contributed by atoms with Crippen molar-refractivity contribution in [1.29, 1.82) is 0 Å². The summed E-state index contributed by atoms with van der Waals surface area (Å²) in [6.45, 7) is 2.19. The van der Waals surface area contributed by atoms with Crippen molar-refractivity contribution >= 4 is 33.1 Å². The summed E-state index contributed by atoms with van der Waals surface area (Å²) in [6, 6.07) is 3.78. The molecule has 0 bridgehead atoms. The van der Waals surface area contributed by atoms with Crippen molar-refractivity contribution in [3.63, 3.8) is 0 Å². The second-order valence-electron chi connectivity index (χ2n) is 6.01. The van der Waals surface area contributed by atoms with Crippen molar-refractivity contribution in [1.82, 2.24) is 4.98 Å². The van der Waals surface area contributed by atoms with Crippen LogP contribution in [0.2, 0.25) is 0 Å². The molecule has 3 aromatic heterocycles. The van der Waals surface area contributed by atoms with Crippen molar-refractivity contribution in [2.24, 2.45) is 5.73 Å². The zero-order valence-corrected chi connectivity index (χ0v) is 13.6. The van der Waals surface area contributed by atoms with Gasteiger partial charge in [-0.1, -0.05) is 6.92 Å². The summed E-state index contributed by atoms with van der Waals surface area (Å²) < 4.78 is 5.66. The number of amides is 1. The first-order chi connectivity index (χ1) is 11.1. The van der Waals surface area contributed by atoms with Gasteiger partial charge in [0.25, 0.3) is 5.91 Å². The number of nitrogens with zero attached hydrogens (tertiary/aromatic N) is 1. The number of carbonyl (C=O) groups excluding carboxylic acids is 1. The number of thiophene rings is 1. The molecule has 0 aromatic carbocycles. The maximum atomic E-state index is 11.7. The Kier molecular flexibility index (Phi) is 3.16. The lowest BCUT2D eigenvalue weighted by atomic mass is 9.84. The van der Waals surface area contributed by atoms with Crippen molar-refractivity contribution in [2.75, 3.05) is 5.73 Å². The SMILES string of the molecule is CC1CCCc2c1nc1sc(C(N)=O)c(N)c1c2-c1ccco1. The molecular formula is C17H17N3O2S. The summed E-state index contributed by atoms with van der Waals surface area (Å²) in [5, 5.41) is 0.798. The van der Waals surface area contributed by atoms with Crippen LogP contribution in [0, 0.1) is 0 Å². The van der Waals surface area contributed by atoms with E-state index in [0.29, 0.717) is 16.5 Å². The second-order valence-corrected chi connectivity index (χ2v) is 7.01. The molecule has 0 radical (unpaired) electrons. The van der Waals surface area contributed by atoms with Crippen LogP contribution in [0.3, 0.4) is 0 Å². The van der Waals surface area contributed by atoms with Gasteiger partial charge in [-0.15, -0.1) is 11.3 Å². The van der Waals surface area contributed by atoms with Gasteiger partial charge in [0.2, 0.25) is 0 Å². The van der Waals surface area contributed by atoms with Gasteiger partial charge in [0, 0.05) is 16.6 Å². The summed E-state index contributed by atoms with van der Waals surface area (Å²) in [7, 11) is 0. The fourth-order valence-electron chi connectivity index (χ4n) is 3.47. The van der Waals surface area contributed by atoms with E-state index in [0.717, 1.165) is 46.5 Å². The molecule has 118 valence electrons. The maximum absolute atomic E-state index is 11.7. The van der Waals surface area contributed by atoms with Crippen LogP contribution in [0.5, 0.6) is 0 Å². The number of primary amides is 1. The van der Waals surface area contributed by atoms with Gasteiger partial charge in [-0.25, -0.2) is 4.98 Å². The summed E-state index contributed by atoms with van der Waals surface area (Å²) in [5.41, 5.74) is 15.4. The van der Waals surface area contributed by atoms with Crippen LogP contribution >= 0.6 is 11.3 Å². The fourth-order valence-corrected chi connectivity index (χ4v) is 4.43. The average molecular weight is 327 g/mol. The topological polar surface area (TPSA) is 95.1 Å². The van der Waals surface area contributed by atoms with Crippen molar-refractivity contribution < 1.29 is 9.21 Å². The molecule has 1 aliphatic rings. The number of nitrogens with two attached hydrogens (primary N) is 2. The highest BCUT2D eigenvalue weighted by Gasteiger charge is 2.28. The average Bonchev–Trinajstić information content (AvgIpc) is 3.15. The van der Waals surface area contributed by atoms with E-state index < -0.39 is 5.91 Å². The van der Waals surface area contributed by atoms with E-state index in [1.807, 2.05) is 12.1 Å². The highest BCUT2D eigenvalue weighted by Crippen LogP contribution is 2.45. The Balaban J connectivity index is 2.15. The third kappa shape index (κ3) is 2.05. The third-order valence-electron chi connectivity index (χ3n) is 4.53. The Hall–Kier alpha value is -2.34. The van der Waals surface area contributed by atoms with E-state index in [4.69, 9.17) is 20.9 Å². The van der Waals surface area contributed by atoms with E-state index in [9.17, 15) is 4.79 Å². The third-order valence-corrected chi connectivity index (χ3v) is 5.65. The van der Waals surface area contributed by atoms with Crippen LogP contribution in [0.4, 0.5) is 5.69 Å². The molecule has 4 rings (SSSR count). The molecular weight excluding hydrogens is 310 g/mol. The largest absolute Gasteiger partial charge is 0.464 e. The van der Waals surface area contributed by atoms with Crippen molar-refractivity contribution in [2.45, 2.75) is 32.1 Å². The lowest BCUT2D eigenvalue weighted by molar-refractivity contribution is 0.100. The van der Waals surface area contributed by atoms with E-state index >= 15 is 0 Å². The van der Waals surface area contributed by atoms with Crippen LogP contribution < -0.4 is 11.5 Å². The molecule has 3 heterocycles. The monoisotopic (exact) mass is 327 g/mol. The molecule has 1 aliphatic carbocycles. The standard InChI is InChI=1S/C17H17N3O2S/c1-8-4-2-5-9-11(10-6-3-7-22-10)12-13(18)15(16(19)21)23-17(12)20-14(8)9/h3,6-8H,2,4-5,18H2,1H3,(H2,19,21). The summed E-state index contributed by atoms with van der Waals surface area (Å²) in [5.74, 6) is 0.641. The molecule has 0 saturated heterocycles. The molecule has 1 atom stereocenters. The van der Waals surface area contributed by atoms with Gasteiger partial charge in [-0.05, 0) is 42.9 Å². The first-order valence-corrected chi connectivity index (χ1v) is 8.48. The molecule has 1 unspecified atom stereocenters. The summed E-state index contributed by atoms with van der Waals surface area (Å²) in [4.78, 5) is 17.6. The lowest BCUT2D eigenvalue weighted by Gasteiger charge is -2.23. The lowest BCUT2D eigenvalue weighted by Crippen LogP contribution is -2.12. The Bertz CT molecular complexity index is 912. The van der Waals surface area contributed by atoms with Gasteiger partial charge >= 0.3 is 0 Å². The molecule has 3 aromatic rings. The molecule has 23 heavy (non-hydrogen) atoms. The minimum atomic E-state index is -0.512. The van der Waals surface area contributed by atoms with Gasteiger partial charge in [0.1, 0.15) is 15.5 Å². The normalized spacial score (nSPS) is 17.3. The van der Waals surface area contributed by atoms with Crippen LogP contribution in [0.1, 0.15) is 46.6 Å². The van der Waals surface area contributed by atoms with Crippen LogP contribution in [-0.4, -0.2) is 10.9 Å². The van der Waals surface area contributed by atoms with Gasteiger partial charge in [0.15, 0.2) is 0 Å². The number of aromatic nitrogens is 1. The number of carbonyl (C=O) groups is 1. The number of furan rings is 1. The van der Waals surface area contributed by atoms with Crippen LogP contribution in [0.15, 0.2) is 22.8 Å². The zero-order chi connectivity index (χ0) is 16.1. The number of pyridine rings is 1. The van der Waals surface area contributed by atoms with E-state index in [-0.39, 0.29) is 0 Å². The summed E-state index contributed by atoms with van der Waals surface area (Å²) >= 11 is 1.27. The highest BCUT2D eigenvalue weighted by atomic mass is 32.1. The molecule has 5 nitrogen and oxygen atoms in total. The molecule has 0 spiro atoms. The van der Waals surface area contributed by atoms with E-state index in [2.05, 4.69) is 6.92 Å². The van der Waals surface area contributed by atoms with Crippen molar-refractivity contribution in [3.8, 4) is 11.3 Å². The van der Waals surface area contributed by atoms with Crippen LogP contribution in [0.25, 0.3) is 21.5 Å². The number of hydrogen-bond donors (Lipinski definition) is 2. The van der Waals surface area contributed by atoms with Gasteiger partial charge in [0.05, 0.1) is 12.0 Å². The number of nitrogen functional groups attached to an aromatic ring is 1. The van der Waals surface area contributed by atoms with E-state index in [1.54, 1.807) is 6.26 Å².